The maximum Gasteiger partial charge on any atom is 0.0346 e. The van der Waals surface area contributed by atoms with Gasteiger partial charge in [-0.15, -0.1) is 0 Å². The van der Waals surface area contributed by atoms with Gasteiger partial charge in [0.05, 0.1) is 0 Å². The highest BCUT2D eigenvalue weighted by Crippen LogP contribution is 2.60. The fraction of sp³-hybridized carbons (Fsp3) is 0.500. The highest BCUT2D eigenvalue weighted by atomic mass is 14.9. The fourth-order valence-electron chi connectivity index (χ4n) is 4.59. The number of rotatable bonds is 0. The van der Waals surface area contributed by atoms with E-state index in [9.17, 15) is 0 Å². The normalized spacial score (nSPS) is 32.1. The van der Waals surface area contributed by atoms with Crippen LogP contribution in [0.4, 0.5) is 0 Å². The van der Waals surface area contributed by atoms with Crippen molar-refractivity contribution in [2.24, 2.45) is 0 Å². The Morgan fingerprint density at radius 2 is 2.00 bits per heavy atom. The third-order valence-electron chi connectivity index (χ3n) is 5.99. The van der Waals surface area contributed by atoms with Crippen LogP contribution < -0.4 is 5.32 Å². The zero-order valence-electron chi connectivity index (χ0n) is 12.6. The van der Waals surface area contributed by atoms with Crippen molar-refractivity contribution >= 4 is 10.8 Å². The van der Waals surface area contributed by atoms with Crippen molar-refractivity contribution in [3.63, 3.8) is 0 Å². The molecule has 4 rings (SSSR count). The number of hydrogen-bond donors (Lipinski definition) is 1. The summed E-state index contributed by atoms with van der Waals surface area (Å²) in [6.07, 6.45) is 6.57. The van der Waals surface area contributed by atoms with Crippen molar-refractivity contribution in [3.8, 4) is 0 Å². The second-order valence-corrected chi connectivity index (χ2v) is 6.99. The molecule has 20 heavy (non-hydrogen) atoms. The van der Waals surface area contributed by atoms with Crippen LogP contribution in [0.1, 0.15) is 43.4 Å². The number of hydrogen-bond acceptors (Lipinski definition) is 2. The van der Waals surface area contributed by atoms with Crippen LogP contribution >= 0.6 is 0 Å². The van der Waals surface area contributed by atoms with E-state index in [0.717, 1.165) is 13.1 Å². The summed E-state index contributed by atoms with van der Waals surface area (Å²) in [6.45, 7) is 9.37. The van der Waals surface area contributed by atoms with E-state index < -0.39 is 0 Å². The van der Waals surface area contributed by atoms with Gasteiger partial charge in [-0.1, -0.05) is 26.0 Å². The quantitative estimate of drug-likeness (QED) is 0.790. The Bertz CT molecular complexity index is 706. The van der Waals surface area contributed by atoms with Gasteiger partial charge in [-0.05, 0) is 48.4 Å². The Kier molecular flexibility index (Phi) is 2.36. The lowest BCUT2D eigenvalue weighted by Crippen LogP contribution is -2.58. The molecule has 1 aromatic carbocycles. The van der Waals surface area contributed by atoms with Crippen LogP contribution in [-0.2, 0) is 10.8 Å². The van der Waals surface area contributed by atoms with E-state index in [2.05, 4.69) is 43.2 Å². The molecule has 1 aromatic heterocycles. The highest BCUT2D eigenvalue weighted by molar-refractivity contribution is 5.92. The molecule has 1 N–H and O–H groups in total. The Hall–Kier alpha value is -1.41. The van der Waals surface area contributed by atoms with E-state index in [1.807, 2.05) is 12.4 Å². The number of aryl methyl sites for hydroxylation is 1. The number of fused-ring (bicyclic) bond motifs is 6. The predicted octanol–water partition coefficient (Wildman–Crippen LogP) is 3.46. The molecule has 1 saturated heterocycles. The molecule has 0 bridgehead atoms. The van der Waals surface area contributed by atoms with Gasteiger partial charge in [0.1, 0.15) is 0 Å². The molecule has 0 saturated carbocycles. The zero-order chi connectivity index (χ0) is 14.0. The van der Waals surface area contributed by atoms with Gasteiger partial charge in [0.2, 0.25) is 0 Å². The van der Waals surface area contributed by atoms with Gasteiger partial charge in [0.15, 0.2) is 0 Å². The standard InChI is InChI=1S/C18H22N2/c1-12-9-20-10-13-5-6-14-16(15(12)13)17(2)7-4-8-19-11-18(14,17)3/h5-6,9-10,19H,4,7-8,11H2,1-3H3/t17?,18-/m1/s1. The average Bonchev–Trinajstić information content (AvgIpc) is 2.56. The topological polar surface area (TPSA) is 24.9 Å². The molecule has 104 valence electrons. The van der Waals surface area contributed by atoms with Gasteiger partial charge in [-0.3, -0.25) is 4.98 Å². The minimum absolute atomic E-state index is 0.280. The van der Waals surface area contributed by atoms with Crippen LogP contribution in [0.25, 0.3) is 10.8 Å². The second-order valence-electron chi connectivity index (χ2n) is 6.99. The summed E-state index contributed by atoms with van der Waals surface area (Å²) in [4.78, 5) is 4.36. The SMILES string of the molecule is Cc1cncc2ccc3c(c12)C1(C)CCCNC[C@]31C. The van der Waals surface area contributed by atoms with Crippen LogP contribution in [-0.4, -0.2) is 18.1 Å². The minimum atomic E-state index is 0.280. The van der Waals surface area contributed by atoms with Crippen LogP contribution in [0.5, 0.6) is 0 Å². The molecule has 1 fully saturated rings. The second kappa shape index (κ2) is 3.82. The van der Waals surface area contributed by atoms with Gasteiger partial charge in [-0.2, -0.15) is 0 Å². The molecule has 1 aliphatic carbocycles. The van der Waals surface area contributed by atoms with E-state index in [1.54, 1.807) is 11.1 Å². The largest absolute Gasteiger partial charge is 0.316 e. The van der Waals surface area contributed by atoms with Crippen LogP contribution in [0.2, 0.25) is 0 Å². The molecule has 2 nitrogen and oxygen atoms in total. The zero-order valence-corrected chi connectivity index (χ0v) is 12.6. The van der Waals surface area contributed by atoms with Gasteiger partial charge < -0.3 is 5.32 Å². The maximum absolute atomic E-state index is 4.36. The van der Waals surface area contributed by atoms with Crippen molar-refractivity contribution in [1.82, 2.24) is 10.3 Å². The van der Waals surface area contributed by atoms with Gasteiger partial charge in [0.25, 0.3) is 0 Å². The fourth-order valence-corrected chi connectivity index (χ4v) is 4.59. The molecular weight excluding hydrogens is 244 g/mol. The summed E-state index contributed by atoms with van der Waals surface area (Å²) in [5.41, 5.74) is 5.05. The lowest BCUT2D eigenvalue weighted by molar-refractivity contribution is 0.197. The number of benzene rings is 1. The summed E-state index contributed by atoms with van der Waals surface area (Å²) in [5, 5.41) is 6.39. The van der Waals surface area contributed by atoms with E-state index in [0.29, 0.717) is 5.41 Å². The van der Waals surface area contributed by atoms with Gasteiger partial charge in [-0.25, -0.2) is 0 Å². The first kappa shape index (κ1) is 12.3. The third kappa shape index (κ3) is 1.26. The average molecular weight is 266 g/mol. The Morgan fingerprint density at radius 3 is 2.85 bits per heavy atom. The molecule has 0 radical (unpaired) electrons. The lowest BCUT2D eigenvalue weighted by Gasteiger charge is -2.58. The van der Waals surface area contributed by atoms with Crippen molar-refractivity contribution in [1.29, 1.82) is 0 Å². The van der Waals surface area contributed by atoms with E-state index in [-0.39, 0.29) is 5.41 Å². The van der Waals surface area contributed by atoms with E-state index in [1.165, 1.54) is 29.2 Å². The summed E-state index contributed by atoms with van der Waals surface area (Å²) in [6, 6.07) is 4.59. The number of aromatic nitrogens is 1. The molecule has 2 aliphatic rings. The summed E-state index contributed by atoms with van der Waals surface area (Å²) in [7, 11) is 0. The monoisotopic (exact) mass is 266 g/mol. The molecule has 2 atom stereocenters. The van der Waals surface area contributed by atoms with E-state index in [4.69, 9.17) is 0 Å². The summed E-state index contributed by atoms with van der Waals surface area (Å²) in [5.74, 6) is 0. The van der Waals surface area contributed by atoms with Crippen molar-refractivity contribution in [2.75, 3.05) is 13.1 Å². The summed E-state index contributed by atoms with van der Waals surface area (Å²) < 4.78 is 0. The van der Waals surface area contributed by atoms with Crippen LogP contribution in [0, 0.1) is 6.92 Å². The van der Waals surface area contributed by atoms with Crippen molar-refractivity contribution in [3.05, 3.63) is 41.2 Å². The van der Waals surface area contributed by atoms with Crippen molar-refractivity contribution < 1.29 is 0 Å². The summed E-state index contributed by atoms with van der Waals surface area (Å²) >= 11 is 0. The first-order valence-electron chi connectivity index (χ1n) is 7.67. The molecule has 2 heterocycles. The molecule has 0 spiro atoms. The molecule has 0 amide bonds. The minimum Gasteiger partial charge on any atom is -0.316 e. The molecule has 1 aliphatic heterocycles. The van der Waals surface area contributed by atoms with Gasteiger partial charge >= 0.3 is 0 Å². The smallest absolute Gasteiger partial charge is 0.0346 e. The number of pyridine rings is 1. The lowest BCUT2D eigenvalue weighted by atomic mass is 9.46. The Morgan fingerprint density at radius 1 is 1.15 bits per heavy atom. The Balaban J connectivity index is 2.07. The molecular formula is C18H22N2. The van der Waals surface area contributed by atoms with E-state index >= 15 is 0 Å². The first-order valence-corrected chi connectivity index (χ1v) is 7.67. The van der Waals surface area contributed by atoms with Crippen LogP contribution in [0.15, 0.2) is 24.5 Å². The van der Waals surface area contributed by atoms with Crippen molar-refractivity contribution in [2.45, 2.75) is 44.4 Å². The maximum atomic E-state index is 4.36. The molecule has 2 heteroatoms. The highest BCUT2D eigenvalue weighted by Gasteiger charge is 2.57. The Labute approximate surface area is 120 Å². The molecule has 1 unspecified atom stereocenters. The van der Waals surface area contributed by atoms with Crippen LogP contribution in [0.3, 0.4) is 0 Å². The predicted molar refractivity (Wildman–Crippen MR) is 83.3 cm³/mol. The number of nitrogens with one attached hydrogen (secondary N) is 1. The first-order chi connectivity index (χ1) is 9.58. The number of nitrogens with zero attached hydrogens (tertiary/aromatic N) is 1. The van der Waals surface area contributed by atoms with Gasteiger partial charge in [0, 0.05) is 35.2 Å². The third-order valence-corrected chi connectivity index (χ3v) is 5.99. The molecule has 2 aromatic rings.